The summed E-state index contributed by atoms with van der Waals surface area (Å²) in [5, 5.41) is 0. The van der Waals surface area contributed by atoms with Crippen LogP contribution in [-0.4, -0.2) is 60.6 Å². The normalized spacial score (nSPS) is 28.4. The first-order valence-electron chi connectivity index (χ1n) is 8.95. The average Bonchev–Trinajstić information content (AvgIpc) is 3.17. The second-order valence-electron chi connectivity index (χ2n) is 7.10. The molecule has 0 radical (unpaired) electrons. The lowest BCUT2D eigenvalue weighted by Crippen LogP contribution is -2.54. The predicted octanol–water partition coefficient (Wildman–Crippen LogP) is 2.59. The molecule has 3 aliphatic rings. The second-order valence-corrected chi connectivity index (χ2v) is 7.10. The smallest absolute Gasteiger partial charge is 0.249 e. The van der Waals surface area contributed by atoms with Crippen molar-refractivity contribution in [2.75, 3.05) is 33.4 Å². The highest BCUT2D eigenvalue weighted by Gasteiger charge is 2.46. The number of likely N-dealkylation sites (tertiary alicyclic amines) is 2. The highest BCUT2D eigenvalue weighted by molar-refractivity contribution is 5.93. The average molecular weight is 306 g/mol. The fraction of sp³-hybridized carbons (Fsp3) is 0.833. The standard InChI is InChI=1S/C18H30N2O2/c1-3-22-14-16-8-9-18(19(16)2)10-12-20(13-11-18)17(21)15-6-4-5-7-15/h6,16H,3-5,7-14H2,1-2H3. The van der Waals surface area contributed by atoms with Crippen LogP contribution in [0.3, 0.4) is 0 Å². The van der Waals surface area contributed by atoms with Gasteiger partial charge in [0.25, 0.3) is 0 Å². The Hall–Kier alpha value is -0.870. The molecule has 1 unspecified atom stereocenters. The topological polar surface area (TPSA) is 32.8 Å². The molecule has 4 nitrogen and oxygen atoms in total. The predicted molar refractivity (Wildman–Crippen MR) is 87.8 cm³/mol. The van der Waals surface area contributed by atoms with E-state index >= 15 is 0 Å². The number of carbonyl (C=O) groups excluding carboxylic acids is 1. The summed E-state index contributed by atoms with van der Waals surface area (Å²) in [6.45, 7) is 5.55. The zero-order chi connectivity index (χ0) is 15.6. The van der Waals surface area contributed by atoms with Gasteiger partial charge in [-0.25, -0.2) is 0 Å². The van der Waals surface area contributed by atoms with E-state index < -0.39 is 0 Å². The fourth-order valence-electron chi connectivity index (χ4n) is 4.44. The Morgan fingerprint density at radius 3 is 2.77 bits per heavy atom. The van der Waals surface area contributed by atoms with Crippen molar-refractivity contribution in [3.63, 3.8) is 0 Å². The number of hydrogen-bond acceptors (Lipinski definition) is 3. The summed E-state index contributed by atoms with van der Waals surface area (Å²) in [6.07, 6.45) is 10.1. The first kappa shape index (κ1) is 16.0. The van der Waals surface area contributed by atoms with Gasteiger partial charge in [-0.15, -0.1) is 0 Å². The third-order valence-electron chi connectivity index (χ3n) is 6.05. The van der Waals surface area contributed by atoms with Crippen molar-refractivity contribution in [3.05, 3.63) is 11.6 Å². The van der Waals surface area contributed by atoms with Crippen molar-refractivity contribution in [1.82, 2.24) is 9.80 Å². The zero-order valence-corrected chi connectivity index (χ0v) is 14.1. The van der Waals surface area contributed by atoms with E-state index in [9.17, 15) is 4.79 Å². The van der Waals surface area contributed by atoms with E-state index in [0.29, 0.717) is 17.5 Å². The SMILES string of the molecule is CCOCC1CCC2(CCN(C(=O)C3=CCCC3)CC2)N1C. The number of rotatable bonds is 4. The molecule has 2 aliphatic heterocycles. The molecule has 2 saturated heterocycles. The first-order valence-corrected chi connectivity index (χ1v) is 8.95. The molecule has 0 aromatic heterocycles. The highest BCUT2D eigenvalue weighted by Crippen LogP contribution is 2.41. The molecular formula is C18H30N2O2. The number of nitrogens with zero attached hydrogens (tertiary/aromatic N) is 2. The van der Waals surface area contributed by atoms with Gasteiger partial charge in [-0.3, -0.25) is 9.69 Å². The van der Waals surface area contributed by atoms with Crippen LogP contribution in [0.5, 0.6) is 0 Å². The Labute approximate surface area is 134 Å². The third-order valence-corrected chi connectivity index (χ3v) is 6.05. The van der Waals surface area contributed by atoms with E-state index in [4.69, 9.17) is 4.74 Å². The van der Waals surface area contributed by atoms with Crippen LogP contribution < -0.4 is 0 Å². The molecule has 22 heavy (non-hydrogen) atoms. The van der Waals surface area contributed by atoms with Gasteiger partial charge >= 0.3 is 0 Å². The van der Waals surface area contributed by atoms with E-state index in [-0.39, 0.29) is 0 Å². The van der Waals surface area contributed by atoms with Gasteiger partial charge in [-0.05, 0) is 58.9 Å². The maximum Gasteiger partial charge on any atom is 0.249 e. The summed E-state index contributed by atoms with van der Waals surface area (Å²) in [6, 6.07) is 0.555. The Balaban J connectivity index is 1.56. The van der Waals surface area contributed by atoms with Gasteiger partial charge in [0.1, 0.15) is 0 Å². The molecule has 4 heteroatoms. The highest BCUT2D eigenvalue weighted by atomic mass is 16.5. The van der Waals surface area contributed by atoms with E-state index in [1.54, 1.807) is 0 Å². The van der Waals surface area contributed by atoms with Crippen LogP contribution in [0, 0.1) is 0 Å². The van der Waals surface area contributed by atoms with Gasteiger partial charge in [0.2, 0.25) is 5.91 Å². The Bertz CT molecular complexity index is 438. The zero-order valence-electron chi connectivity index (χ0n) is 14.1. The minimum Gasteiger partial charge on any atom is -0.380 e. The first-order chi connectivity index (χ1) is 10.7. The van der Waals surface area contributed by atoms with E-state index in [1.165, 1.54) is 12.8 Å². The maximum absolute atomic E-state index is 12.5. The number of allylic oxidation sites excluding steroid dienone is 1. The molecule has 1 atom stereocenters. The fourth-order valence-corrected chi connectivity index (χ4v) is 4.44. The van der Waals surface area contributed by atoms with Gasteiger partial charge in [0.05, 0.1) is 6.61 Å². The second kappa shape index (κ2) is 6.71. The van der Waals surface area contributed by atoms with Crippen molar-refractivity contribution >= 4 is 5.91 Å². The monoisotopic (exact) mass is 306 g/mol. The van der Waals surface area contributed by atoms with Crippen molar-refractivity contribution in [1.29, 1.82) is 0 Å². The molecule has 3 rings (SSSR count). The van der Waals surface area contributed by atoms with Crippen LogP contribution >= 0.6 is 0 Å². The number of carbonyl (C=O) groups is 1. The lowest BCUT2D eigenvalue weighted by molar-refractivity contribution is -0.129. The molecule has 0 aromatic rings. The maximum atomic E-state index is 12.5. The van der Waals surface area contributed by atoms with Crippen LogP contribution in [0.25, 0.3) is 0 Å². The van der Waals surface area contributed by atoms with Crippen LogP contribution in [0.4, 0.5) is 0 Å². The summed E-state index contributed by atoms with van der Waals surface area (Å²) in [5.74, 6) is 0.305. The summed E-state index contributed by atoms with van der Waals surface area (Å²) in [5.41, 5.74) is 1.37. The summed E-state index contributed by atoms with van der Waals surface area (Å²) in [7, 11) is 2.26. The van der Waals surface area contributed by atoms with Crippen molar-refractivity contribution in [3.8, 4) is 0 Å². The molecular weight excluding hydrogens is 276 g/mol. The molecule has 0 aromatic carbocycles. The van der Waals surface area contributed by atoms with Crippen molar-refractivity contribution in [2.45, 2.75) is 63.5 Å². The van der Waals surface area contributed by atoms with Crippen molar-refractivity contribution in [2.24, 2.45) is 0 Å². The summed E-state index contributed by atoms with van der Waals surface area (Å²) >= 11 is 0. The number of piperidine rings is 1. The molecule has 1 amide bonds. The molecule has 124 valence electrons. The van der Waals surface area contributed by atoms with Gasteiger partial charge in [0, 0.05) is 36.9 Å². The van der Waals surface area contributed by atoms with Crippen LogP contribution in [-0.2, 0) is 9.53 Å². The molecule has 2 fully saturated rings. The molecule has 0 N–H and O–H groups in total. The summed E-state index contributed by atoms with van der Waals surface area (Å²) < 4.78 is 5.64. The third kappa shape index (κ3) is 2.95. The van der Waals surface area contributed by atoms with E-state index in [2.05, 4.69) is 29.8 Å². The molecule has 0 saturated carbocycles. The van der Waals surface area contributed by atoms with Crippen molar-refractivity contribution < 1.29 is 9.53 Å². The van der Waals surface area contributed by atoms with Gasteiger partial charge in [-0.1, -0.05) is 6.08 Å². The van der Waals surface area contributed by atoms with Crippen LogP contribution in [0.15, 0.2) is 11.6 Å². The van der Waals surface area contributed by atoms with Gasteiger partial charge in [0.15, 0.2) is 0 Å². The lowest BCUT2D eigenvalue weighted by atomic mass is 9.85. The number of likely N-dealkylation sites (N-methyl/N-ethyl adjacent to an activating group) is 1. The summed E-state index contributed by atoms with van der Waals surface area (Å²) in [4.78, 5) is 17.2. The molecule has 0 bridgehead atoms. The Kier molecular flexibility index (Phi) is 4.88. The van der Waals surface area contributed by atoms with E-state index in [0.717, 1.165) is 64.0 Å². The Morgan fingerprint density at radius 2 is 2.14 bits per heavy atom. The number of amides is 1. The largest absolute Gasteiger partial charge is 0.380 e. The minimum absolute atomic E-state index is 0.305. The van der Waals surface area contributed by atoms with Crippen LogP contribution in [0.2, 0.25) is 0 Å². The molecule has 1 aliphatic carbocycles. The lowest BCUT2D eigenvalue weighted by Gasteiger charge is -2.45. The minimum atomic E-state index is 0.305. The van der Waals surface area contributed by atoms with Crippen LogP contribution in [0.1, 0.15) is 51.9 Å². The molecule has 1 spiro atoms. The Morgan fingerprint density at radius 1 is 1.36 bits per heavy atom. The molecule has 2 heterocycles. The van der Waals surface area contributed by atoms with E-state index in [1.807, 2.05) is 0 Å². The van der Waals surface area contributed by atoms with Gasteiger partial charge in [-0.2, -0.15) is 0 Å². The van der Waals surface area contributed by atoms with Gasteiger partial charge < -0.3 is 9.64 Å². The quantitative estimate of drug-likeness (QED) is 0.800. The number of hydrogen-bond donors (Lipinski definition) is 0. The number of ether oxygens (including phenoxy) is 1.